The fraction of sp³-hybridized carbons (Fsp3) is 0.875. The van der Waals surface area contributed by atoms with Crippen LogP contribution in [0.5, 0.6) is 0 Å². The fourth-order valence-electron chi connectivity index (χ4n) is 4.40. The Kier molecular flexibility index (Phi) is 4.39. The van der Waals surface area contributed by atoms with Gasteiger partial charge in [0.05, 0.1) is 0 Å². The van der Waals surface area contributed by atoms with E-state index in [9.17, 15) is 0 Å². The van der Waals surface area contributed by atoms with Crippen molar-refractivity contribution in [3.8, 4) is 0 Å². The quantitative estimate of drug-likeness (QED) is 0.832. The van der Waals surface area contributed by atoms with Crippen molar-refractivity contribution in [3.05, 3.63) is 12.2 Å². The van der Waals surface area contributed by atoms with Gasteiger partial charge in [0.2, 0.25) is 0 Å². The molecule has 3 rings (SSSR count). The molecule has 0 spiro atoms. The summed E-state index contributed by atoms with van der Waals surface area (Å²) in [5.41, 5.74) is 0. The lowest BCUT2D eigenvalue weighted by Crippen LogP contribution is -2.41. The monoisotopic (exact) mass is 276 g/mol. The van der Waals surface area contributed by atoms with Gasteiger partial charge in [0, 0.05) is 19.0 Å². The SMILES string of the molecule is CCCNC(Cc1ncnn1CC)C1CC2CCC1C2. The third kappa shape index (κ3) is 2.76. The molecular formula is C16H28N4. The smallest absolute Gasteiger partial charge is 0.138 e. The second kappa shape index (κ2) is 6.25. The van der Waals surface area contributed by atoms with Gasteiger partial charge in [0.1, 0.15) is 12.2 Å². The van der Waals surface area contributed by atoms with Crippen LogP contribution in [0.1, 0.15) is 51.8 Å². The van der Waals surface area contributed by atoms with Crippen molar-refractivity contribution in [1.82, 2.24) is 20.1 Å². The average molecular weight is 276 g/mol. The fourth-order valence-corrected chi connectivity index (χ4v) is 4.40. The maximum Gasteiger partial charge on any atom is 0.138 e. The van der Waals surface area contributed by atoms with Crippen LogP contribution in [0.15, 0.2) is 6.33 Å². The molecule has 1 aromatic rings. The summed E-state index contributed by atoms with van der Waals surface area (Å²) in [7, 11) is 0. The molecule has 0 amide bonds. The van der Waals surface area contributed by atoms with E-state index < -0.39 is 0 Å². The number of aromatic nitrogens is 3. The predicted octanol–water partition coefficient (Wildman–Crippen LogP) is 2.64. The van der Waals surface area contributed by atoms with Crippen LogP contribution in [0.4, 0.5) is 0 Å². The number of hydrogen-bond donors (Lipinski definition) is 1. The molecule has 1 N–H and O–H groups in total. The molecule has 0 saturated heterocycles. The van der Waals surface area contributed by atoms with Crippen LogP contribution in [0.3, 0.4) is 0 Å². The average Bonchev–Trinajstić information content (AvgIpc) is 3.18. The predicted molar refractivity (Wildman–Crippen MR) is 80.4 cm³/mol. The molecule has 2 fully saturated rings. The zero-order valence-electron chi connectivity index (χ0n) is 12.9. The van der Waals surface area contributed by atoms with E-state index in [0.29, 0.717) is 6.04 Å². The second-order valence-electron chi connectivity index (χ2n) is 6.60. The number of nitrogens with zero attached hydrogens (tertiary/aromatic N) is 3. The molecule has 20 heavy (non-hydrogen) atoms. The van der Waals surface area contributed by atoms with Gasteiger partial charge in [-0.05, 0) is 56.9 Å². The first-order chi connectivity index (χ1) is 9.81. The Morgan fingerprint density at radius 1 is 1.35 bits per heavy atom. The van der Waals surface area contributed by atoms with Crippen molar-refractivity contribution < 1.29 is 0 Å². The third-order valence-electron chi connectivity index (χ3n) is 5.36. The zero-order chi connectivity index (χ0) is 13.9. The Bertz CT molecular complexity index is 428. The van der Waals surface area contributed by atoms with Gasteiger partial charge in [-0.2, -0.15) is 5.10 Å². The highest BCUT2D eigenvalue weighted by Gasteiger charge is 2.43. The summed E-state index contributed by atoms with van der Waals surface area (Å²) >= 11 is 0. The van der Waals surface area contributed by atoms with Crippen molar-refractivity contribution in [2.75, 3.05) is 6.54 Å². The first kappa shape index (κ1) is 14.1. The molecule has 2 aliphatic carbocycles. The minimum absolute atomic E-state index is 0.597. The Balaban J connectivity index is 1.69. The molecule has 2 saturated carbocycles. The summed E-state index contributed by atoms with van der Waals surface area (Å²) in [6.45, 7) is 6.44. The summed E-state index contributed by atoms with van der Waals surface area (Å²) in [5, 5.41) is 8.13. The lowest BCUT2D eigenvalue weighted by Gasteiger charge is -2.31. The summed E-state index contributed by atoms with van der Waals surface area (Å²) in [4.78, 5) is 4.48. The van der Waals surface area contributed by atoms with Gasteiger partial charge in [-0.25, -0.2) is 4.98 Å². The summed E-state index contributed by atoms with van der Waals surface area (Å²) in [6.07, 6.45) is 9.81. The molecule has 0 aromatic carbocycles. The Hall–Kier alpha value is -0.900. The van der Waals surface area contributed by atoms with Gasteiger partial charge in [-0.15, -0.1) is 0 Å². The van der Waals surface area contributed by atoms with Gasteiger partial charge >= 0.3 is 0 Å². The van der Waals surface area contributed by atoms with Crippen LogP contribution < -0.4 is 5.32 Å². The van der Waals surface area contributed by atoms with Crippen LogP contribution in [0.25, 0.3) is 0 Å². The van der Waals surface area contributed by atoms with Crippen LogP contribution >= 0.6 is 0 Å². The minimum atomic E-state index is 0.597. The highest BCUT2D eigenvalue weighted by molar-refractivity contribution is 4.99. The summed E-state index contributed by atoms with van der Waals surface area (Å²) < 4.78 is 2.05. The zero-order valence-corrected chi connectivity index (χ0v) is 12.9. The molecule has 0 aliphatic heterocycles. The minimum Gasteiger partial charge on any atom is -0.313 e. The van der Waals surface area contributed by atoms with E-state index in [0.717, 1.165) is 43.1 Å². The molecular weight excluding hydrogens is 248 g/mol. The third-order valence-corrected chi connectivity index (χ3v) is 5.36. The second-order valence-corrected chi connectivity index (χ2v) is 6.60. The molecule has 1 heterocycles. The van der Waals surface area contributed by atoms with Gasteiger partial charge in [0.25, 0.3) is 0 Å². The molecule has 2 bridgehead atoms. The molecule has 112 valence electrons. The molecule has 4 unspecified atom stereocenters. The molecule has 2 aliphatic rings. The van der Waals surface area contributed by atoms with Gasteiger partial charge in [-0.3, -0.25) is 4.68 Å². The van der Waals surface area contributed by atoms with Crippen molar-refractivity contribution in [2.24, 2.45) is 17.8 Å². The topological polar surface area (TPSA) is 42.7 Å². The number of nitrogens with one attached hydrogen (secondary N) is 1. The van der Waals surface area contributed by atoms with Crippen LogP contribution in [-0.2, 0) is 13.0 Å². The summed E-state index contributed by atoms with van der Waals surface area (Å²) in [6, 6.07) is 0.597. The van der Waals surface area contributed by atoms with Crippen molar-refractivity contribution >= 4 is 0 Å². The molecule has 4 heteroatoms. The summed E-state index contributed by atoms with van der Waals surface area (Å²) in [5.74, 6) is 4.00. The van der Waals surface area contributed by atoms with Crippen LogP contribution in [0, 0.1) is 17.8 Å². The van der Waals surface area contributed by atoms with Crippen LogP contribution in [-0.4, -0.2) is 27.4 Å². The van der Waals surface area contributed by atoms with E-state index in [1.807, 2.05) is 4.68 Å². The number of fused-ring (bicyclic) bond motifs is 2. The van der Waals surface area contributed by atoms with Gasteiger partial charge < -0.3 is 5.32 Å². The molecule has 0 radical (unpaired) electrons. The molecule has 4 nitrogen and oxygen atoms in total. The lowest BCUT2D eigenvalue weighted by atomic mass is 9.82. The van der Waals surface area contributed by atoms with Gasteiger partial charge in [-0.1, -0.05) is 13.3 Å². The van der Waals surface area contributed by atoms with E-state index in [-0.39, 0.29) is 0 Å². The number of rotatable bonds is 7. The van der Waals surface area contributed by atoms with E-state index in [1.165, 1.54) is 32.1 Å². The van der Waals surface area contributed by atoms with Gasteiger partial charge in [0.15, 0.2) is 0 Å². The first-order valence-electron chi connectivity index (χ1n) is 8.41. The van der Waals surface area contributed by atoms with Crippen molar-refractivity contribution in [1.29, 1.82) is 0 Å². The maximum absolute atomic E-state index is 4.48. The Labute approximate surface area is 122 Å². The standard InChI is InChI=1S/C16H28N4/c1-3-7-17-15(10-16-18-11-19-20(16)4-2)14-9-12-5-6-13(14)8-12/h11-15,17H,3-10H2,1-2H3. The maximum atomic E-state index is 4.48. The molecule has 4 atom stereocenters. The normalized spacial score (nSPS) is 30.0. The number of hydrogen-bond acceptors (Lipinski definition) is 3. The van der Waals surface area contributed by atoms with E-state index >= 15 is 0 Å². The Morgan fingerprint density at radius 3 is 2.90 bits per heavy atom. The van der Waals surface area contributed by atoms with E-state index in [1.54, 1.807) is 6.33 Å². The largest absolute Gasteiger partial charge is 0.313 e. The highest BCUT2D eigenvalue weighted by Crippen LogP contribution is 2.49. The van der Waals surface area contributed by atoms with E-state index in [2.05, 4.69) is 29.2 Å². The first-order valence-corrected chi connectivity index (χ1v) is 8.41. The Morgan fingerprint density at radius 2 is 2.25 bits per heavy atom. The van der Waals surface area contributed by atoms with Crippen molar-refractivity contribution in [3.63, 3.8) is 0 Å². The lowest BCUT2D eigenvalue weighted by molar-refractivity contribution is 0.243. The van der Waals surface area contributed by atoms with Crippen LogP contribution in [0.2, 0.25) is 0 Å². The molecule has 1 aromatic heterocycles. The number of aryl methyl sites for hydroxylation is 1. The highest BCUT2D eigenvalue weighted by atomic mass is 15.3. The van der Waals surface area contributed by atoms with E-state index in [4.69, 9.17) is 0 Å². The van der Waals surface area contributed by atoms with Crippen molar-refractivity contribution in [2.45, 2.75) is 65.0 Å².